The Morgan fingerprint density at radius 2 is 1.94 bits per heavy atom. The molecule has 1 saturated carbocycles. The van der Waals surface area contributed by atoms with Crippen LogP contribution < -0.4 is 5.73 Å². The van der Waals surface area contributed by atoms with Crippen molar-refractivity contribution in [2.75, 3.05) is 20.6 Å². The third-order valence-electron chi connectivity index (χ3n) is 4.24. The van der Waals surface area contributed by atoms with Gasteiger partial charge in [-0.2, -0.15) is 0 Å². The number of benzene rings is 1. The first-order valence-electron chi connectivity index (χ1n) is 6.35. The number of rotatable bonds is 4. The molecule has 2 rings (SSSR count). The van der Waals surface area contributed by atoms with Crippen LogP contribution in [0.3, 0.4) is 0 Å². The summed E-state index contributed by atoms with van der Waals surface area (Å²) < 4.78 is 0. The minimum absolute atomic E-state index is 0.218. The normalized spacial score (nSPS) is 26.2. The van der Waals surface area contributed by atoms with Gasteiger partial charge in [0.2, 0.25) is 0 Å². The van der Waals surface area contributed by atoms with Crippen LogP contribution in [0.2, 0.25) is 0 Å². The summed E-state index contributed by atoms with van der Waals surface area (Å²) in [5.41, 5.74) is 9.39. The number of hydrogen-bond donors (Lipinski definition) is 1. The van der Waals surface area contributed by atoms with Crippen molar-refractivity contribution in [3.8, 4) is 0 Å². The van der Waals surface area contributed by atoms with E-state index in [2.05, 4.69) is 57.1 Å². The highest BCUT2D eigenvalue weighted by Crippen LogP contribution is 2.63. The van der Waals surface area contributed by atoms with Crippen molar-refractivity contribution in [3.63, 3.8) is 0 Å². The number of nitrogens with zero attached hydrogens (tertiary/aromatic N) is 1. The van der Waals surface area contributed by atoms with Crippen LogP contribution in [0.25, 0.3) is 0 Å². The SMILES string of the molecule is CN(C)Cc1cccc(C2(CN)CC2(C)C)c1. The molecule has 2 nitrogen and oxygen atoms in total. The fraction of sp³-hybridized carbons (Fsp3) is 0.600. The van der Waals surface area contributed by atoms with Crippen molar-refractivity contribution < 1.29 is 0 Å². The Kier molecular flexibility index (Phi) is 3.04. The van der Waals surface area contributed by atoms with E-state index in [1.54, 1.807) is 0 Å². The topological polar surface area (TPSA) is 29.3 Å². The van der Waals surface area contributed by atoms with Crippen molar-refractivity contribution in [2.24, 2.45) is 11.1 Å². The fourth-order valence-electron chi connectivity index (χ4n) is 3.00. The maximum atomic E-state index is 6.02. The first-order valence-corrected chi connectivity index (χ1v) is 6.35. The highest BCUT2D eigenvalue weighted by Gasteiger charge is 2.60. The molecule has 0 amide bonds. The first kappa shape index (κ1) is 12.6. The Bertz CT molecular complexity index is 409. The molecule has 2 heteroatoms. The summed E-state index contributed by atoms with van der Waals surface area (Å²) in [5, 5.41) is 0. The molecule has 1 aromatic rings. The Morgan fingerprint density at radius 1 is 1.29 bits per heavy atom. The number of nitrogens with two attached hydrogens (primary N) is 1. The summed E-state index contributed by atoms with van der Waals surface area (Å²) in [6, 6.07) is 8.94. The summed E-state index contributed by atoms with van der Waals surface area (Å²) >= 11 is 0. The maximum absolute atomic E-state index is 6.02. The molecule has 1 aromatic carbocycles. The molecule has 0 bridgehead atoms. The molecule has 0 radical (unpaired) electrons. The summed E-state index contributed by atoms with van der Waals surface area (Å²) in [4.78, 5) is 2.20. The lowest BCUT2D eigenvalue weighted by Gasteiger charge is -2.20. The quantitative estimate of drug-likeness (QED) is 0.863. The van der Waals surface area contributed by atoms with Crippen LogP contribution in [0.1, 0.15) is 31.4 Å². The van der Waals surface area contributed by atoms with Crippen molar-refractivity contribution in [2.45, 2.75) is 32.2 Å². The molecule has 1 atom stereocenters. The summed E-state index contributed by atoms with van der Waals surface area (Å²) in [7, 11) is 4.21. The summed E-state index contributed by atoms with van der Waals surface area (Å²) in [6.45, 7) is 6.39. The molecule has 94 valence electrons. The second kappa shape index (κ2) is 4.11. The van der Waals surface area contributed by atoms with Gasteiger partial charge in [0.1, 0.15) is 0 Å². The lowest BCUT2D eigenvalue weighted by Crippen LogP contribution is -2.25. The lowest BCUT2D eigenvalue weighted by atomic mass is 9.87. The van der Waals surface area contributed by atoms with Crippen molar-refractivity contribution in [1.82, 2.24) is 4.90 Å². The molecule has 1 unspecified atom stereocenters. The Hall–Kier alpha value is -0.860. The zero-order valence-electron chi connectivity index (χ0n) is 11.5. The summed E-state index contributed by atoms with van der Waals surface area (Å²) in [5.74, 6) is 0. The molecule has 1 aliphatic rings. The molecule has 0 spiro atoms. The molecule has 0 saturated heterocycles. The zero-order valence-corrected chi connectivity index (χ0v) is 11.5. The highest BCUT2D eigenvalue weighted by atomic mass is 15.0. The molecule has 0 aromatic heterocycles. The van der Waals surface area contributed by atoms with Crippen LogP contribution in [0, 0.1) is 5.41 Å². The smallest absolute Gasteiger partial charge is 0.0227 e. The van der Waals surface area contributed by atoms with Gasteiger partial charge >= 0.3 is 0 Å². The average Bonchev–Trinajstić information content (AvgIpc) is 2.82. The van der Waals surface area contributed by atoms with Gasteiger partial charge in [0.15, 0.2) is 0 Å². The monoisotopic (exact) mass is 232 g/mol. The van der Waals surface area contributed by atoms with Crippen LogP contribution in [0.4, 0.5) is 0 Å². The van der Waals surface area contributed by atoms with Gasteiger partial charge in [-0.15, -0.1) is 0 Å². The lowest BCUT2D eigenvalue weighted by molar-refractivity contribution is 0.402. The van der Waals surface area contributed by atoms with Crippen LogP contribution in [-0.4, -0.2) is 25.5 Å². The predicted octanol–water partition coefficient (Wildman–Crippen LogP) is 2.37. The standard InChI is InChI=1S/C15H24N2/c1-14(2)10-15(14,11-16)13-7-5-6-12(8-13)9-17(3)4/h5-8H,9-11,16H2,1-4H3. The summed E-state index contributed by atoms with van der Waals surface area (Å²) in [6.07, 6.45) is 1.21. The van der Waals surface area contributed by atoms with E-state index in [1.165, 1.54) is 17.5 Å². The second-order valence-corrected chi connectivity index (χ2v) is 6.29. The van der Waals surface area contributed by atoms with Gasteiger partial charge in [0.05, 0.1) is 0 Å². The second-order valence-electron chi connectivity index (χ2n) is 6.29. The van der Waals surface area contributed by atoms with Crippen LogP contribution >= 0.6 is 0 Å². The van der Waals surface area contributed by atoms with E-state index in [0.717, 1.165) is 13.1 Å². The predicted molar refractivity (Wildman–Crippen MR) is 73.0 cm³/mol. The molecule has 1 aliphatic carbocycles. The Morgan fingerprint density at radius 3 is 2.41 bits per heavy atom. The van der Waals surface area contributed by atoms with Crippen molar-refractivity contribution in [1.29, 1.82) is 0 Å². The van der Waals surface area contributed by atoms with E-state index in [-0.39, 0.29) is 5.41 Å². The Labute approximate surface area is 105 Å². The van der Waals surface area contributed by atoms with E-state index >= 15 is 0 Å². The molecule has 17 heavy (non-hydrogen) atoms. The zero-order chi connectivity index (χ0) is 12.7. The fourth-order valence-corrected chi connectivity index (χ4v) is 3.00. The van der Waals surface area contributed by atoms with Gasteiger partial charge in [-0.05, 0) is 37.1 Å². The minimum atomic E-state index is 0.218. The van der Waals surface area contributed by atoms with Crippen molar-refractivity contribution >= 4 is 0 Å². The van der Waals surface area contributed by atoms with Crippen molar-refractivity contribution in [3.05, 3.63) is 35.4 Å². The van der Waals surface area contributed by atoms with Gasteiger partial charge < -0.3 is 10.6 Å². The van der Waals surface area contributed by atoms with E-state index in [0.29, 0.717) is 5.41 Å². The Balaban J connectivity index is 2.28. The largest absolute Gasteiger partial charge is 0.330 e. The van der Waals surface area contributed by atoms with Gasteiger partial charge in [-0.1, -0.05) is 38.1 Å². The van der Waals surface area contributed by atoms with E-state index < -0.39 is 0 Å². The van der Waals surface area contributed by atoms with Crippen LogP contribution in [-0.2, 0) is 12.0 Å². The van der Waals surface area contributed by atoms with Gasteiger partial charge in [-0.3, -0.25) is 0 Å². The first-order chi connectivity index (χ1) is 7.91. The van der Waals surface area contributed by atoms with Gasteiger partial charge in [0, 0.05) is 18.5 Å². The highest BCUT2D eigenvalue weighted by molar-refractivity contribution is 5.39. The van der Waals surface area contributed by atoms with E-state index in [1.807, 2.05) is 0 Å². The molecule has 0 heterocycles. The minimum Gasteiger partial charge on any atom is -0.330 e. The molecule has 0 aliphatic heterocycles. The van der Waals surface area contributed by atoms with Gasteiger partial charge in [-0.25, -0.2) is 0 Å². The third kappa shape index (κ3) is 2.12. The molecule has 1 fully saturated rings. The van der Waals surface area contributed by atoms with Crippen LogP contribution in [0.5, 0.6) is 0 Å². The number of hydrogen-bond acceptors (Lipinski definition) is 2. The third-order valence-corrected chi connectivity index (χ3v) is 4.24. The van der Waals surface area contributed by atoms with Gasteiger partial charge in [0.25, 0.3) is 0 Å². The maximum Gasteiger partial charge on any atom is 0.0227 e. The molecule has 2 N–H and O–H groups in total. The molecular weight excluding hydrogens is 208 g/mol. The average molecular weight is 232 g/mol. The van der Waals surface area contributed by atoms with Crippen LogP contribution in [0.15, 0.2) is 24.3 Å². The van der Waals surface area contributed by atoms with E-state index in [9.17, 15) is 0 Å². The molecular formula is C15H24N2. The van der Waals surface area contributed by atoms with E-state index in [4.69, 9.17) is 5.73 Å².